The lowest BCUT2D eigenvalue weighted by Crippen LogP contribution is -1.72. The van der Waals surface area contributed by atoms with Crippen molar-refractivity contribution >= 4 is 65.1 Å². The Bertz CT molecular complexity index is 981. The summed E-state index contributed by atoms with van der Waals surface area (Å²) in [4.78, 5) is 12.7. The Morgan fingerprint density at radius 3 is 2.38 bits per heavy atom. The molecule has 21 heavy (non-hydrogen) atoms. The number of carbonyl (C=O) groups excluding carboxylic acids is 1. The SMILES string of the molecule is O=Cc1ccc(-c2ccc3sc4ccc(Br)cc4c3c2)s1. The van der Waals surface area contributed by atoms with Gasteiger partial charge in [0.15, 0.2) is 6.29 Å². The molecule has 0 amide bonds. The largest absolute Gasteiger partial charge is 0.297 e. The van der Waals surface area contributed by atoms with Gasteiger partial charge >= 0.3 is 0 Å². The van der Waals surface area contributed by atoms with Crippen LogP contribution in [0.1, 0.15) is 9.67 Å². The Labute approximate surface area is 138 Å². The number of fused-ring (bicyclic) bond motifs is 3. The highest BCUT2D eigenvalue weighted by Gasteiger charge is 2.08. The normalized spacial score (nSPS) is 11.3. The van der Waals surface area contributed by atoms with Crippen molar-refractivity contribution in [3.8, 4) is 10.4 Å². The zero-order valence-corrected chi connectivity index (χ0v) is 14.0. The molecule has 2 aromatic carbocycles. The van der Waals surface area contributed by atoms with Gasteiger partial charge in [0.2, 0.25) is 0 Å². The third-order valence-electron chi connectivity index (χ3n) is 3.46. The van der Waals surface area contributed by atoms with E-state index in [2.05, 4.69) is 52.3 Å². The van der Waals surface area contributed by atoms with Crippen LogP contribution in [0.15, 0.2) is 53.0 Å². The molecule has 0 saturated heterocycles. The average Bonchev–Trinajstić information content (AvgIpc) is 3.10. The second kappa shape index (κ2) is 5.05. The lowest BCUT2D eigenvalue weighted by Gasteiger charge is -1.98. The maximum Gasteiger partial charge on any atom is 0.160 e. The first-order chi connectivity index (χ1) is 10.2. The van der Waals surface area contributed by atoms with Gasteiger partial charge < -0.3 is 0 Å². The second-order valence-corrected chi connectivity index (χ2v) is 7.89. The zero-order chi connectivity index (χ0) is 14.4. The molecule has 2 aromatic heterocycles. The van der Waals surface area contributed by atoms with Gasteiger partial charge in [0, 0.05) is 29.5 Å². The molecule has 2 heterocycles. The van der Waals surface area contributed by atoms with Crippen molar-refractivity contribution in [1.82, 2.24) is 0 Å². The molecule has 1 nitrogen and oxygen atoms in total. The number of hydrogen-bond donors (Lipinski definition) is 0. The summed E-state index contributed by atoms with van der Waals surface area (Å²) in [6.07, 6.45) is 0.907. The fraction of sp³-hybridized carbons (Fsp3) is 0. The van der Waals surface area contributed by atoms with Crippen LogP contribution in [0, 0.1) is 0 Å². The molecule has 0 spiro atoms. The van der Waals surface area contributed by atoms with Crippen molar-refractivity contribution in [3.63, 3.8) is 0 Å². The van der Waals surface area contributed by atoms with Crippen LogP contribution in [0.2, 0.25) is 0 Å². The van der Waals surface area contributed by atoms with E-state index in [-0.39, 0.29) is 0 Å². The minimum Gasteiger partial charge on any atom is -0.297 e. The number of aldehydes is 1. The molecular formula is C17H9BrOS2. The van der Waals surface area contributed by atoms with Gasteiger partial charge in [-0.3, -0.25) is 4.79 Å². The van der Waals surface area contributed by atoms with E-state index in [1.165, 1.54) is 37.1 Å². The molecule has 102 valence electrons. The van der Waals surface area contributed by atoms with Gasteiger partial charge in [-0.05, 0) is 48.0 Å². The molecule has 4 rings (SSSR count). The molecule has 0 radical (unpaired) electrons. The predicted octanol–water partition coefficient (Wildman–Crippen LogP) is 6.36. The molecule has 0 N–H and O–H groups in total. The molecule has 0 unspecified atom stereocenters. The van der Waals surface area contributed by atoms with Crippen LogP contribution >= 0.6 is 38.6 Å². The molecular weight excluding hydrogens is 364 g/mol. The summed E-state index contributed by atoms with van der Waals surface area (Å²) < 4.78 is 3.68. The fourth-order valence-corrected chi connectivity index (χ4v) is 4.72. The van der Waals surface area contributed by atoms with Gasteiger partial charge in [0.25, 0.3) is 0 Å². The van der Waals surface area contributed by atoms with Crippen LogP contribution in [-0.2, 0) is 0 Å². The fourth-order valence-electron chi connectivity index (χ4n) is 2.47. The number of hydrogen-bond acceptors (Lipinski definition) is 3. The van der Waals surface area contributed by atoms with E-state index in [0.29, 0.717) is 0 Å². The van der Waals surface area contributed by atoms with Crippen LogP contribution in [0.4, 0.5) is 0 Å². The van der Waals surface area contributed by atoms with Crippen LogP contribution in [0.3, 0.4) is 0 Å². The maximum atomic E-state index is 10.8. The van der Waals surface area contributed by atoms with Gasteiger partial charge in [0.05, 0.1) is 4.88 Å². The minimum absolute atomic E-state index is 0.767. The number of thiophene rings is 2. The number of rotatable bonds is 2. The standard InChI is InChI=1S/C17H9BrOS2/c18-11-2-5-17-14(8-11)13-7-10(1-4-16(13)21-17)15-6-3-12(9-19)20-15/h1-9H. The molecule has 0 atom stereocenters. The smallest absolute Gasteiger partial charge is 0.160 e. The van der Waals surface area contributed by atoms with E-state index in [4.69, 9.17) is 0 Å². The van der Waals surface area contributed by atoms with Crippen LogP contribution in [0.25, 0.3) is 30.6 Å². The Kier molecular flexibility index (Phi) is 3.17. The van der Waals surface area contributed by atoms with Crippen molar-refractivity contribution in [2.45, 2.75) is 0 Å². The van der Waals surface area contributed by atoms with Crippen molar-refractivity contribution in [1.29, 1.82) is 0 Å². The molecule has 0 saturated carbocycles. The Morgan fingerprint density at radius 1 is 0.857 bits per heavy atom. The van der Waals surface area contributed by atoms with Gasteiger partial charge in [-0.2, -0.15) is 0 Å². The molecule has 0 fully saturated rings. The quantitative estimate of drug-likeness (QED) is 0.374. The summed E-state index contributed by atoms with van der Waals surface area (Å²) in [7, 11) is 0. The highest BCUT2D eigenvalue weighted by atomic mass is 79.9. The van der Waals surface area contributed by atoms with E-state index in [0.717, 1.165) is 20.5 Å². The summed E-state index contributed by atoms with van der Waals surface area (Å²) in [5.41, 5.74) is 1.17. The number of carbonyl (C=O) groups is 1. The molecule has 0 aliphatic rings. The molecule has 0 bridgehead atoms. The highest BCUT2D eigenvalue weighted by molar-refractivity contribution is 9.10. The van der Waals surface area contributed by atoms with E-state index >= 15 is 0 Å². The van der Waals surface area contributed by atoms with Gasteiger partial charge in [-0.1, -0.05) is 22.0 Å². The molecule has 0 aliphatic heterocycles. The van der Waals surface area contributed by atoms with E-state index in [9.17, 15) is 4.79 Å². The number of halogens is 1. The summed E-state index contributed by atoms with van der Waals surface area (Å²) >= 11 is 6.89. The monoisotopic (exact) mass is 372 g/mol. The van der Waals surface area contributed by atoms with Gasteiger partial charge in [-0.15, -0.1) is 22.7 Å². The molecule has 4 heteroatoms. The summed E-state index contributed by atoms with van der Waals surface area (Å²) in [6, 6.07) is 16.8. The van der Waals surface area contributed by atoms with Crippen molar-refractivity contribution in [3.05, 3.63) is 57.9 Å². The van der Waals surface area contributed by atoms with Crippen LogP contribution in [-0.4, -0.2) is 6.29 Å². The van der Waals surface area contributed by atoms with Crippen LogP contribution in [0.5, 0.6) is 0 Å². The zero-order valence-electron chi connectivity index (χ0n) is 10.8. The lowest BCUT2D eigenvalue weighted by atomic mass is 10.1. The van der Waals surface area contributed by atoms with E-state index in [1.807, 2.05) is 23.5 Å². The Morgan fingerprint density at radius 2 is 1.62 bits per heavy atom. The van der Waals surface area contributed by atoms with E-state index in [1.54, 1.807) is 0 Å². The first kappa shape index (κ1) is 13.2. The Hall–Kier alpha value is -1.49. The molecule has 0 aliphatic carbocycles. The highest BCUT2D eigenvalue weighted by Crippen LogP contribution is 2.38. The van der Waals surface area contributed by atoms with E-state index < -0.39 is 0 Å². The van der Waals surface area contributed by atoms with Crippen molar-refractivity contribution in [2.75, 3.05) is 0 Å². The molecule has 4 aromatic rings. The van der Waals surface area contributed by atoms with Gasteiger partial charge in [-0.25, -0.2) is 0 Å². The van der Waals surface area contributed by atoms with Gasteiger partial charge in [0.1, 0.15) is 0 Å². The summed E-state index contributed by atoms with van der Waals surface area (Å²) in [5.74, 6) is 0. The average molecular weight is 373 g/mol. The summed E-state index contributed by atoms with van der Waals surface area (Å²) in [6.45, 7) is 0. The van der Waals surface area contributed by atoms with Crippen molar-refractivity contribution < 1.29 is 4.79 Å². The minimum atomic E-state index is 0.767. The van der Waals surface area contributed by atoms with Crippen molar-refractivity contribution in [2.24, 2.45) is 0 Å². The second-order valence-electron chi connectivity index (χ2n) is 4.77. The first-order valence-electron chi connectivity index (χ1n) is 6.42. The topological polar surface area (TPSA) is 17.1 Å². The predicted molar refractivity (Wildman–Crippen MR) is 95.7 cm³/mol. The third-order valence-corrected chi connectivity index (χ3v) is 6.16. The first-order valence-corrected chi connectivity index (χ1v) is 8.84. The summed E-state index contributed by atoms with van der Waals surface area (Å²) in [5, 5.41) is 2.55. The maximum absolute atomic E-state index is 10.8. The third kappa shape index (κ3) is 2.24. The lowest BCUT2D eigenvalue weighted by molar-refractivity contribution is 0.112. The Balaban J connectivity index is 1.97. The number of benzene rings is 2. The van der Waals surface area contributed by atoms with Crippen LogP contribution < -0.4 is 0 Å².